The normalized spacial score (nSPS) is 34.3. The highest BCUT2D eigenvalue weighted by Gasteiger charge is 2.49. The second kappa shape index (κ2) is 5.10. The largest absolute Gasteiger partial charge is 0.311 e. The van der Waals surface area contributed by atoms with Crippen molar-refractivity contribution in [3.63, 3.8) is 0 Å². The molecule has 4 heteroatoms. The summed E-state index contributed by atoms with van der Waals surface area (Å²) in [6.07, 6.45) is 11.0. The van der Waals surface area contributed by atoms with Crippen LogP contribution in [-0.4, -0.2) is 45.9 Å². The lowest BCUT2D eigenvalue weighted by Gasteiger charge is -2.49. The Morgan fingerprint density at radius 2 is 2.14 bits per heavy atom. The zero-order chi connectivity index (χ0) is 14.4. The van der Waals surface area contributed by atoms with Crippen molar-refractivity contribution in [3.8, 4) is 0 Å². The lowest BCUT2D eigenvalue weighted by molar-refractivity contribution is 0.0315. The number of aryl methyl sites for hydroxylation is 1. The van der Waals surface area contributed by atoms with E-state index in [9.17, 15) is 0 Å². The minimum Gasteiger partial charge on any atom is -0.311 e. The lowest BCUT2D eigenvalue weighted by Crippen LogP contribution is -2.65. The van der Waals surface area contributed by atoms with Gasteiger partial charge in [-0.25, -0.2) is 0 Å². The van der Waals surface area contributed by atoms with Crippen molar-refractivity contribution < 1.29 is 0 Å². The van der Waals surface area contributed by atoms with Crippen LogP contribution in [0.5, 0.6) is 0 Å². The van der Waals surface area contributed by atoms with Crippen LogP contribution in [-0.2, 0) is 13.5 Å². The summed E-state index contributed by atoms with van der Waals surface area (Å²) in [7, 11) is 2.01. The standard InChI is InChI=1S/C17H28N4/c1-17(15-5-6-15)12-18-16(14-3-4-14)11-21(17)8-7-13-9-19-20(2)10-13/h9-10,14-16,18H,3-8,11-12H2,1-2H3. The van der Waals surface area contributed by atoms with E-state index in [2.05, 4.69) is 28.4 Å². The Labute approximate surface area is 127 Å². The van der Waals surface area contributed by atoms with Crippen LogP contribution >= 0.6 is 0 Å². The molecule has 1 saturated heterocycles. The molecule has 4 rings (SSSR count). The summed E-state index contributed by atoms with van der Waals surface area (Å²) < 4.78 is 1.92. The summed E-state index contributed by atoms with van der Waals surface area (Å²) in [5.74, 6) is 1.87. The third-order valence-corrected chi connectivity index (χ3v) is 5.94. The summed E-state index contributed by atoms with van der Waals surface area (Å²) in [6, 6.07) is 0.741. The number of rotatable bonds is 5. The fourth-order valence-electron chi connectivity index (χ4n) is 4.09. The van der Waals surface area contributed by atoms with E-state index in [4.69, 9.17) is 0 Å². The molecule has 1 aromatic heterocycles. The highest BCUT2D eigenvalue weighted by Crippen LogP contribution is 2.45. The molecule has 2 atom stereocenters. The van der Waals surface area contributed by atoms with E-state index in [-0.39, 0.29) is 0 Å². The molecule has 0 aromatic carbocycles. The van der Waals surface area contributed by atoms with E-state index in [1.807, 2.05) is 17.9 Å². The van der Waals surface area contributed by atoms with E-state index in [1.54, 1.807) is 0 Å². The molecule has 116 valence electrons. The highest BCUT2D eigenvalue weighted by atomic mass is 15.3. The number of nitrogens with one attached hydrogen (secondary N) is 1. The van der Waals surface area contributed by atoms with E-state index in [0.717, 1.165) is 24.3 Å². The second-order valence-corrected chi connectivity index (χ2v) is 7.67. The van der Waals surface area contributed by atoms with E-state index in [1.165, 1.54) is 50.9 Å². The van der Waals surface area contributed by atoms with Crippen LogP contribution in [0.2, 0.25) is 0 Å². The first-order valence-corrected chi connectivity index (χ1v) is 8.61. The highest BCUT2D eigenvalue weighted by molar-refractivity contribution is 5.09. The Morgan fingerprint density at radius 3 is 2.76 bits per heavy atom. The molecule has 2 unspecified atom stereocenters. The predicted molar refractivity (Wildman–Crippen MR) is 84.1 cm³/mol. The Balaban J connectivity index is 1.44. The van der Waals surface area contributed by atoms with Gasteiger partial charge in [0.15, 0.2) is 0 Å². The molecule has 0 radical (unpaired) electrons. The van der Waals surface area contributed by atoms with Crippen LogP contribution in [0.1, 0.15) is 38.2 Å². The zero-order valence-corrected chi connectivity index (χ0v) is 13.4. The van der Waals surface area contributed by atoms with Crippen molar-refractivity contribution in [1.82, 2.24) is 20.0 Å². The van der Waals surface area contributed by atoms with Crippen molar-refractivity contribution in [2.24, 2.45) is 18.9 Å². The summed E-state index contributed by atoms with van der Waals surface area (Å²) in [5, 5.41) is 8.17. The number of hydrogen-bond donors (Lipinski definition) is 1. The van der Waals surface area contributed by atoms with Gasteiger partial charge in [0.25, 0.3) is 0 Å². The van der Waals surface area contributed by atoms with Gasteiger partial charge in [0.05, 0.1) is 6.20 Å². The Morgan fingerprint density at radius 1 is 1.33 bits per heavy atom. The molecular formula is C17H28N4. The van der Waals surface area contributed by atoms with Crippen LogP contribution < -0.4 is 5.32 Å². The molecule has 21 heavy (non-hydrogen) atoms. The molecule has 3 aliphatic rings. The van der Waals surface area contributed by atoms with Crippen LogP contribution in [0.25, 0.3) is 0 Å². The first kappa shape index (κ1) is 13.8. The van der Waals surface area contributed by atoms with Gasteiger partial charge in [-0.2, -0.15) is 5.10 Å². The van der Waals surface area contributed by atoms with Gasteiger partial charge in [-0.1, -0.05) is 0 Å². The Kier molecular flexibility index (Phi) is 3.34. The van der Waals surface area contributed by atoms with Gasteiger partial charge in [-0.15, -0.1) is 0 Å². The first-order valence-electron chi connectivity index (χ1n) is 8.61. The molecular weight excluding hydrogens is 260 g/mol. The average Bonchev–Trinajstić information content (AvgIpc) is 3.36. The minimum absolute atomic E-state index is 0.383. The third kappa shape index (κ3) is 2.76. The van der Waals surface area contributed by atoms with Crippen LogP contribution in [0.3, 0.4) is 0 Å². The quantitative estimate of drug-likeness (QED) is 0.897. The second-order valence-electron chi connectivity index (χ2n) is 7.67. The maximum absolute atomic E-state index is 4.30. The molecule has 1 N–H and O–H groups in total. The summed E-state index contributed by atoms with van der Waals surface area (Å²) in [6.45, 7) is 6.11. The van der Waals surface area contributed by atoms with Crippen LogP contribution in [0.4, 0.5) is 0 Å². The number of aromatic nitrogens is 2. The van der Waals surface area contributed by atoms with Crippen molar-refractivity contribution >= 4 is 0 Å². The molecule has 1 aliphatic heterocycles. The molecule has 2 saturated carbocycles. The van der Waals surface area contributed by atoms with Crippen LogP contribution in [0.15, 0.2) is 12.4 Å². The summed E-state index contributed by atoms with van der Waals surface area (Å²) in [4.78, 5) is 2.80. The SMILES string of the molecule is Cn1cc(CCN2CC(C3CC3)NCC2(C)C2CC2)cn1. The van der Waals surface area contributed by atoms with E-state index in [0.29, 0.717) is 5.54 Å². The fraction of sp³-hybridized carbons (Fsp3) is 0.824. The van der Waals surface area contributed by atoms with Crippen molar-refractivity contribution in [2.45, 2.75) is 50.6 Å². The fourth-order valence-corrected chi connectivity index (χ4v) is 4.09. The van der Waals surface area contributed by atoms with Gasteiger partial charge in [0, 0.05) is 44.5 Å². The van der Waals surface area contributed by atoms with Gasteiger partial charge < -0.3 is 5.32 Å². The zero-order valence-electron chi connectivity index (χ0n) is 13.4. The van der Waals surface area contributed by atoms with Gasteiger partial charge in [0.1, 0.15) is 0 Å². The molecule has 0 amide bonds. The number of piperazine rings is 1. The molecule has 2 aliphatic carbocycles. The molecule has 1 aromatic rings. The van der Waals surface area contributed by atoms with Crippen LogP contribution in [0, 0.1) is 11.8 Å². The third-order valence-electron chi connectivity index (χ3n) is 5.94. The first-order chi connectivity index (χ1) is 10.1. The van der Waals surface area contributed by atoms with Gasteiger partial charge in [-0.05, 0) is 56.4 Å². The van der Waals surface area contributed by atoms with Gasteiger partial charge >= 0.3 is 0 Å². The maximum Gasteiger partial charge on any atom is 0.0522 e. The molecule has 4 nitrogen and oxygen atoms in total. The smallest absolute Gasteiger partial charge is 0.0522 e. The van der Waals surface area contributed by atoms with E-state index >= 15 is 0 Å². The topological polar surface area (TPSA) is 33.1 Å². The number of hydrogen-bond acceptors (Lipinski definition) is 3. The monoisotopic (exact) mass is 288 g/mol. The summed E-state index contributed by atoms with van der Waals surface area (Å²) in [5.41, 5.74) is 1.75. The Bertz CT molecular complexity index is 503. The Hall–Kier alpha value is -0.870. The van der Waals surface area contributed by atoms with Gasteiger partial charge in [0.2, 0.25) is 0 Å². The van der Waals surface area contributed by atoms with Gasteiger partial charge in [-0.3, -0.25) is 9.58 Å². The lowest BCUT2D eigenvalue weighted by atomic mass is 9.88. The maximum atomic E-state index is 4.30. The minimum atomic E-state index is 0.383. The van der Waals surface area contributed by atoms with Crippen molar-refractivity contribution in [3.05, 3.63) is 18.0 Å². The van der Waals surface area contributed by atoms with E-state index < -0.39 is 0 Å². The average molecular weight is 288 g/mol. The molecule has 0 spiro atoms. The molecule has 0 bridgehead atoms. The predicted octanol–water partition coefficient (Wildman–Crippen LogP) is 1.82. The molecule has 2 heterocycles. The summed E-state index contributed by atoms with van der Waals surface area (Å²) >= 11 is 0. The van der Waals surface area contributed by atoms with Crippen molar-refractivity contribution in [1.29, 1.82) is 0 Å². The van der Waals surface area contributed by atoms with Crippen molar-refractivity contribution in [2.75, 3.05) is 19.6 Å². The molecule has 3 fully saturated rings. The number of nitrogens with zero attached hydrogens (tertiary/aromatic N) is 3.